The third-order valence-electron chi connectivity index (χ3n) is 6.89. The average molecular weight is 491 g/mol. The first-order chi connectivity index (χ1) is 15.6. The van der Waals surface area contributed by atoms with Crippen LogP contribution in [0, 0.1) is 11.2 Å². The van der Waals surface area contributed by atoms with Crippen LogP contribution in [0.4, 0.5) is 10.2 Å². The van der Waals surface area contributed by atoms with Crippen molar-refractivity contribution in [2.75, 3.05) is 24.5 Å². The second kappa shape index (κ2) is 7.67. The number of halogens is 3. The number of piperazine rings is 1. The van der Waals surface area contributed by atoms with E-state index in [0.717, 1.165) is 16.5 Å². The Labute approximate surface area is 200 Å². The number of anilines is 1. The summed E-state index contributed by atoms with van der Waals surface area (Å²) in [5.41, 5.74) is -0.496. The quantitative estimate of drug-likeness (QED) is 0.661. The molecular formula is C23H21Cl2FN4O3. The van der Waals surface area contributed by atoms with Gasteiger partial charge in [-0.25, -0.2) is 9.37 Å². The minimum Gasteiger partial charge on any atom is -0.342 e. The Morgan fingerprint density at radius 3 is 2.39 bits per heavy atom. The van der Waals surface area contributed by atoms with Crippen LogP contribution >= 0.6 is 23.2 Å². The molecule has 1 aliphatic carbocycles. The summed E-state index contributed by atoms with van der Waals surface area (Å²) < 4.78 is 14.6. The molecule has 2 spiro atoms. The number of pyridine rings is 1. The summed E-state index contributed by atoms with van der Waals surface area (Å²) in [6.07, 6.45) is 2.07. The van der Waals surface area contributed by atoms with Crippen molar-refractivity contribution < 1.29 is 18.8 Å². The average Bonchev–Trinajstić information content (AvgIpc) is 2.69. The molecule has 3 aliphatic rings. The topological polar surface area (TPSA) is 73.8 Å². The highest BCUT2D eigenvalue weighted by atomic mass is 35.5. The maximum atomic E-state index is 14.6. The van der Waals surface area contributed by atoms with Crippen molar-refractivity contribution >= 4 is 46.7 Å². The Hall–Kier alpha value is -2.71. The number of carbonyl (C=O) groups excluding carboxylic acids is 3. The van der Waals surface area contributed by atoms with Gasteiger partial charge in [-0.15, -0.1) is 0 Å². The summed E-state index contributed by atoms with van der Waals surface area (Å²) in [5, 5.41) is 0.680. The van der Waals surface area contributed by atoms with Crippen molar-refractivity contribution in [1.29, 1.82) is 0 Å². The molecule has 3 amide bonds. The number of nitrogens with zero attached hydrogens (tertiary/aromatic N) is 4. The fourth-order valence-electron chi connectivity index (χ4n) is 5.43. The van der Waals surface area contributed by atoms with Crippen LogP contribution in [-0.4, -0.2) is 57.7 Å². The number of hydrogen-bond donors (Lipinski definition) is 0. The van der Waals surface area contributed by atoms with E-state index < -0.39 is 11.4 Å². The molecule has 0 unspecified atom stereocenters. The zero-order chi connectivity index (χ0) is 23.5. The fraction of sp³-hybridized carbons (Fsp3) is 0.391. The van der Waals surface area contributed by atoms with E-state index in [1.54, 1.807) is 21.9 Å². The number of rotatable bonds is 3. The van der Waals surface area contributed by atoms with Crippen LogP contribution in [0.1, 0.15) is 25.3 Å². The largest absolute Gasteiger partial charge is 0.342 e. The summed E-state index contributed by atoms with van der Waals surface area (Å²) in [4.78, 5) is 47.3. The van der Waals surface area contributed by atoms with E-state index in [1.807, 2.05) is 12.1 Å². The standard InChI is InChI=1S/C23H21Cl2FN4O3/c1-14(31)28-12-22(13-28)10-23(11-22)21(33)29(20-18(26)6-17(25)7-27-20)9-19(32)30(23)8-15-2-4-16(24)5-3-15/h2-7H,8-13H2,1H3. The highest BCUT2D eigenvalue weighted by Gasteiger charge is 2.69. The smallest absolute Gasteiger partial charge is 0.254 e. The molecule has 0 bridgehead atoms. The number of likely N-dealkylation sites (tertiary alicyclic amines) is 1. The van der Waals surface area contributed by atoms with Gasteiger partial charge in [-0.1, -0.05) is 35.3 Å². The number of carbonyl (C=O) groups is 3. The molecule has 7 nitrogen and oxygen atoms in total. The van der Waals surface area contributed by atoms with Crippen LogP contribution in [0.15, 0.2) is 36.5 Å². The van der Waals surface area contributed by atoms with Crippen molar-refractivity contribution in [2.24, 2.45) is 5.41 Å². The van der Waals surface area contributed by atoms with E-state index in [0.29, 0.717) is 31.0 Å². The normalized spacial score (nSPS) is 20.8. The van der Waals surface area contributed by atoms with E-state index in [1.165, 1.54) is 13.1 Å². The van der Waals surface area contributed by atoms with E-state index in [4.69, 9.17) is 23.2 Å². The second-order valence-corrected chi connectivity index (χ2v) is 10.1. The molecule has 3 heterocycles. The van der Waals surface area contributed by atoms with Gasteiger partial charge in [0.2, 0.25) is 11.8 Å². The molecule has 3 fully saturated rings. The number of aromatic nitrogens is 1. The lowest BCUT2D eigenvalue weighted by Crippen LogP contribution is -2.80. The van der Waals surface area contributed by atoms with Gasteiger partial charge in [0.1, 0.15) is 12.1 Å². The van der Waals surface area contributed by atoms with Crippen LogP contribution in [0.5, 0.6) is 0 Å². The molecule has 1 aromatic carbocycles. The summed E-state index contributed by atoms with van der Waals surface area (Å²) in [6, 6.07) is 8.18. The summed E-state index contributed by atoms with van der Waals surface area (Å²) in [5.74, 6) is -1.64. The molecule has 2 aromatic rings. The van der Waals surface area contributed by atoms with Gasteiger partial charge >= 0.3 is 0 Å². The zero-order valence-electron chi connectivity index (χ0n) is 17.9. The van der Waals surface area contributed by atoms with Gasteiger partial charge in [-0.3, -0.25) is 19.3 Å². The van der Waals surface area contributed by atoms with Gasteiger partial charge in [0.15, 0.2) is 11.6 Å². The van der Waals surface area contributed by atoms with Crippen molar-refractivity contribution in [2.45, 2.75) is 31.8 Å². The van der Waals surface area contributed by atoms with E-state index in [-0.39, 0.29) is 47.1 Å². The molecule has 5 rings (SSSR count). The lowest BCUT2D eigenvalue weighted by molar-refractivity contribution is -0.191. The van der Waals surface area contributed by atoms with Crippen LogP contribution in [0.25, 0.3) is 0 Å². The first-order valence-corrected chi connectivity index (χ1v) is 11.3. The third-order valence-corrected chi connectivity index (χ3v) is 7.34. The predicted octanol–water partition coefficient (Wildman–Crippen LogP) is 3.28. The molecule has 0 atom stereocenters. The van der Waals surface area contributed by atoms with Crippen molar-refractivity contribution in [1.82, 2.24) is 14.8 Å². The van der Waals surface area contributed by atoms with Crippen LogP contribution in [0.2, 0.25) is 10.0 Å². The zero-order valence-corrected chi connectivity index (χ0v) is 19.4. The molecule has 2 aliphatic heterocycles. The van der Waals surface area contributed by atoms with Gasteiger partial charge in [0.25, 0.3) is 5.91 Å². The third kappa shape index (κ3) is 3.56. The van der Waals surface area contributed by atoms with Crippen molar-refractivity contribution in [3.05, 3.63) is 58.0 Å². The maximum Gasteiger partial charge on any atom is 0.254 e. The minimum absolute atomic E-state index is 0.0142. The molecule has 1 saturated carbocycles. The summed E-state index contributed by atoms with van der Waals surface area (Å²) in [7, 11) is 0. The molecule has 172 valence electrons. The Balaban J connectivity index is 1.48. The fourth-order valence-corrected chi connectivity index (χ4v) is 5.70. The van der Waals surface area contributed by atoms with Crippen LogP contribution in [-0.2, 0) is 20.9 Å². The first kappa shape index (κ1) is 22.1. The molecule has 33 heavy (non-hydrogen) atoms. The van der Waals surface area contributed by atoms with E-state index >= 15 is 0 Å². The van der Waals surface area contributed by atoms with Gasteiger partial charge in [-0.2, -0.15) is 0 Å². The highest BCUT2D eigenvalue weighted by molar-refractivity contribution is 6.30. The Bertz CT molecular complexity index is 1160. The lowest BCUT2D eigenvalue weighted by Gasteiger charge is -2.67. The molecule has 10 heteroatoms. The Morgan fingerprint density at radius 2 is 1.79 bits per heavy atom. The molecular weight excluding hydrogens is 470 g/mol. The molecule has 1 aromatic heterocycles. The molecule has 2 saturated heterocycles. The van der Waals surface area contributed by atoms with Gasteiger partial charge < -0.3 is 9.80 Å². The Morgan fingerprint density at radius 1 is 1.12 bits per heavy atom. The number of benzene rings is 1. The van der Waals surface area contributed by atoms with Gasteiger partial charge in [0, 0.05) is 43.2 Å². The highest BCUT2D eigenvalue weighted by Crippen LogP contribution is 2.58. The van der Waals surface area contributed by atoms with Crippen LogP contribution in [0.3, 0.4) is 0 Å². The van der Waals surface area contributed by atoms with Crippen LogP contribution < -0.4 is 4.90 Å². The SMILES string of the molecule is CC(=O)N1CC2(C1)CC1(C2)C(=O)N(c2ncc(Cl)cc2F)CC(=O)N1Cc1ccc(Cl)cc1. The van der Waals surface area contributed by atoms with Crippen molar-refractivity contribution in [3.63, 3.8) is 0 Å². The van der Waals surface area contributed by atoms with Gasteiger partial charge in [-0.05, 0) is 36.6 Å². The lowest BCUT2D eigenvalue weighted by atomic mass is 9.52. The van der Waals surface area contributed by atoms with Gasteiger partial charge in [0.05, 0.1) is 5.02 Å². The van der Waals surface area contributed by atoms with E-state index in [9.17, 15) is 18.8 Å². The maximum absolute atomic E-state index is 14.6. The summed E-state index contributed by atoms with van der Waals surface area (Å²) >= 11 is 11.8. The monoisotopic (exact) mass is 490 g/mol. The Kier molecular flexibility index (Phi) is 5.14. The summed E-state index contributed by atoms with van der Waals surface area (Å²) in [6.45, 7) is 2.53. The molecule has 0 N–H and O–H groups in total. The number of amides is 3. The first-order valence-electron chi connectivity index (χ1n) is 10.6. The number of hydrogen-bond acceptors (Lipinski definition) is 4. The van der Waals surface area contributed by atoms with Crippen molar-refractivity contribution in [3.8, 4) is 0 Å². The van der Waals surface area contributed by atoms with E-state index in [2.05, 4.69) is 4.98 Å². The second-order valence-electron chi connectivity index (χ2n) is 9.22. The predicted molar refractivity (Wildman–Crippen MR) is 120 cm³/mol. The minimum atomic E-state index is -1.12. The molecule has 0 radical (unpaired) electrons.